The number of rotatable bonds is 5. The summed E-state index contributed by atoms with van der Waals surface area (Å²) in [5.74, 6) is 1.51. The van der Waals surface area contributed by atoms with Crippen LogP contribution in [0.2, 0.25) is 0 Å². The summed E-state index contributed by atoms with van der Waals surface area (Å²) < 4.78 is 8.44. The molecule has 0 bridgehead atoms. The molecule has 0 radical (unpaired) electrons. The van der Waals surface area contributed by atoms with Gasteiger partial charge in [0.2, 0.25) is 5.65 Å². The van der Waals surface area contributed by atoms with Crippen molar-refractivity contribution in [2.24, 2.45) is 0 Å². The molecule has 0 aliphatic rings. The van der Waals surface area contributed by atoms with E-state index in [2.05, 4.69) is 22.3 Å². The van der Waals surface area contributed by atoms with Gasteiger partial charge < -0.3 is 4.74 Å². The highest BCUT2D eigenvalue weighted by Gasteiger charge is 2.12. The van der Waals surface area contributed by atoms with Crippen molar-refractivity contribution >= 4 is 17.4 Å². The highest BCUT2D eigenvalue weighted by atomic mass is 32.2. The number of hydrogen-bond donors (Lipinski definition) is 0. The predicted octanol–water partition coefficient (Wildman–Crippen LogP) is 3.18. The maximum Gasteiger partial charge on any atom is 0.300 e. The van der Waals surface area contributed by atoms with Crippen LogP contribution < -0.4 is 10.3 Å². The van der Waals surface area contributed by atoms with Crippen molar-refractivity contribution in [3.8, 4) is 11.4 Å². The highest BCUT2D eigenvalue weighted by molar-refractivity contribution is 7.98. The minimum Gasteiger partial charge on any atom is -0.497 e. The molecule has 0 amide bonds. The number of hydrogen-bond acceptors (Lipinski definition) is 5. The number of fused-ring (bicyclic) bond motifs is 1. The molecular formula is C19H16N4O2S. The fourth-order valence-corrected chi connectivity index (χ4v) is 3.51. The lowest BCUT2D eigenvalue weighted by Crippen LogP contribution is -2.20. The molecule has 0 N–H and O–H groups in total. The van der Waals surface area contributed by atoms with Crippen molar-refractivity contribution < 1.29 is 4.74 Å². The maximum atomic E-state index is 12.8. The van der Waals surface area contributed by atoms with Gasteiger partial charge in [-0.25, -0.2) is 0 Å². The molecule has 0 aliphatic carbocycles. The van der Waals surface area contributed by atoms with Gasteiger partial charge in [-0.2, -0.15) is 0 Å². The van der Waals surface area contributed by atoms with Gasteiger partial charge in [-0.15, -0.1) is 10.2 Å². The van der Waals surface area contributed by atoms with Gasteiger partial charge in [-0.1, -0.05) is 42.1 Å². The molecule has 2 heterocycles. The molecule has 0 unspecified atom stereocenters. The normalized spacial score (nSPS) is 11.0. The molecule has 4 aromatic rings. The molecule has 130 valence electrons. The van der Waals surface area contributed by atoms with E-state index in [0.717, 1.165) is 17.2 Å². The van der Waals surface area contributed by atoms with Crippen LogP contribution >= 0.6 is 11.8 Å². The van der Waals surface area contributed by atoms with E-state index < -0.39 is 0 Å². The average molecular weight is 364 g/mol. The van der Waals surface area contributed by atoms with Crippen LogP contribution in [0.3, 0.4) is 0 Å². The Morgan fingerprint density at radius 2 is 1.77 bits per heavy atom. The summed E-state index contributed by atoms with van der Waals surface area (Å²) in [6.45, 7) is 0. The van der Waals surface area contributed by atoms with Crippen LogP contribution in [0.5, 0.6) is 5.75 Å². The van der Waals surface area contributed by atoms with Crippen molar-refractivity contribution in [3.05, 3.63) is 82.9 Å². The van der Waals surface area contributed by atoms with Crippen LogP contribution in [0.1, 0.15) is 5.56 Å². The lowest BCUT2D eigenvalue weighted by molar-refractivity contribution is 0.414. The van der Waals surface area contributed by atoms with E-state index in [0.29, 0.717) is 10.8 Å². The molecule has 0 saturated carbocycles. The third-order valence-corrected chi connectivity index (χ3v) is 5.02. The Morgan fingerprint density at radius 3 is 2.50 bits per heavy atom. The molecular weight excluding hydrogens is 348 g/mol. The first-order valence-corrected chi connectivity index (χ1v) is 9.02. The standard InChI is InChI=1S/C19H16N4O2S/c1-25-16-9-7-15(8-10-16)22-11-12-23-17(18(22)24)20-21-19(23)26-13-14-5-3-2-4-6-14/h2-12H,13H2,1H3. The molecule has 0 atom stereocenters. The van der Waals surface area contributed by atoms with Crippen LogP contribution in [0.25, 0.3) is 11.3 Å². The first-order valence-electron chi connectivity index (χ1n) is 8.04. The Balaban J connectivity index is 1.65. The van der Waals surface area contributed by atoms with E-state index in [-0.39, 0.29) is 5.56 Å². The second-order valence-electron chi connectivity index (χ2n) is 5.62. The van der Waals surface area contributed by atoms with Gasteiger partial charge in [0.25, 0.3) is 0 Å². The minimum atomic E-state index is -0.211. The van der Waals surface area contributed by atoms with Crippen molar-refractivity contribution in [1.29, 1.82) is 0 Å². The van der Waals surface area contributed by atoms with Gasteiger partial charge in [0, 0.05) is 23.8 Å². The van der Waals surface area contributed by atoms with Gasteiger partial charge in [0.1, 0.15) is 5.75 Å². The molecule has 2 aromatic carbocycles. The monoisotopic (exact) mass is 364 g/mol. The van der Waals surface area contributed by atoms with E-state index in [1.54, 1.807) is 34.0 Å². The van der Waals surface area contributed by atoms with E-state index in [1.807, 2.05) is 48.7 Å². The number of aromatic nitrogens is 4. The van der Waals surface area contributed by atoms with E-state index in [9.17, 15) is 4.79 Å². The zero-order valence-electron chi connectivity index (χ0n) is 14.1. The number of ether oxygens (including phenoxy) is 1. The van der Waals surface area contributed by atoms with Gasteiger partial charge in [-0.3, -0.25) is 13.8 Å². The van der Waals surface area contributed by atoms with Crippen molar-refractivity contribution in [2.45, 2.75) is 10.9 Å². The Hall–Kier alpha value is -3.06. The molecule has 7 heteroatoms. The van der Waals surface area contributed by atoms with Gasteiger partial charge in [0.05, 0.1) is 7.11 Å². The van der Waals surface area contributed by atoms with Crippen molar-refractivity contribution in [1.82, 2.24) is 19.2 Å². The van der Waals surface area contributed by atoms with Gasteiger partial charge >= 0.3 is 5.56 Å². The summed E-state index contributed by atoms with van der Waals surface area (Å²) >= 11 is 1.55. The lowest BCUT2D eigenvalue weighted by Gasteiger charge is -2.07. The Morgan fingerprint density at radius 1 is 1.00 bits per heavy atom. The molecule has 0 spiro atoms. The Kier molecular flexibility index (Phi) is 4.45. The first kappa shape index (κ1) is 16.4. The largest absolute Gasteiger partial charge is 0.497 e. The lowest BCUT2D eigenvalue weighted by atomic mass is 10.2. The van der Waals surface area contributed by atoms with Gasteiger partial charge in [-0.05, 0) is 29.8 Å². The minimum absolute atomic E-state index is 0.211. The first-order chi connectivity index (χ1) is 12.8. The third-order valence-electron chi connectivity index (χ3n) is 4.00. The molecule has 0 saturated heterocycles. The van der Waals surface area contributed by atoms with Crippen LogP contribution in [0.4, 0.5) is 0 Å². The summed E-state index contributed by atoms with van der Waals surface area (Å²) in [6.07, 6.45) is 3.54. The molecule has 26 heavy (non-hydrogen) atoms. The summed E-state index contributed by atoms with van der Waals surface area (Å²) in [5, 5.41) is 8.96. The quantitative estimate of drug-likeness (QED) is 0.509. The molecule has 0 aliphatic heterocycles. The van der Waals surface area contributed by atoms with Crippen molar-refractivity contribution in [2.75, 3.05) is 7.11 Å². The fourth-order valence-electron chi connectivity index (χ4n) is 2.63. The second kappa shape index (κ2) is 7.05. The SMILES string of the molecule is COc1ccc(-n2ccn3c(SCc4ccccc4)nnc3c2=O)cc1. The number of benzene rings is 2. The van der Waals surface area contributed by atoms with E-state index in [4.69, 9.17) is 4.74 Å². The van der Waals surface area contributed by atoms with Gasteiger partial charge in [0.15, 0.2) is 5.16 Å². The van der Waals surface area contributed by atoms with Crippen LogP contribution in [0, 0.1) is 0 Å². The Labute approximate surface area is 154 Å². The van der Waals surface area contributed by atoms with Crippen LogP contribution in [-0.2, 0) is 5.75 Å². The zero-order chi connectivity index (χ0) is 17.9. The van der Waals surface area contributed by atoms with Crippen LogP contribution in [-0.4, -0.2) is 26.3 Å². The zero-order valence-corrected chi connectivity index (χ0v) is 14.9. The molecule has 4 rings (SSSR count). The number of thioether (sulfide) groups is 1. The van der Waals surface area contributed by atoms with E-state index >= 15 is 0 Å². The molecule has 2 aromatic heterocycles. The maximum absolute atomic E-state index is 12.8. The Bertz CT molecular complexity index is 1090. The average Bonchev–Trinajstić information content (AvgIpc) is 3.12. The fraction of sp³-hybridized carbons (Fsp3) is 0.105. The number of nitrogens with zero attached hydrogens (tertiary/aromatic N) is 4. The molecule has 0 fully saturated rings. The molecule has 6 nitrogen and oxygen atoms in total. The predicted molar refractivity (Wildman–Crippen MR) is 101 cm³/mol. The van der Waals surface area contributed by atoms with Crippen molar-refractivity contribution in [3.63, 3.8) is 0 Å². The topological polar surface area (TPSA) is 61.4 Å². The third kappa shape index (κ3) is 3.09. The smallest absolute Gasteiger partial charge is 0.300 e. The summed E-state index contributed by atoms with van der Waals surface area (Å²) in [6, 6.07) is 17.4. The second-order valence-corrected chi connectivity index (χ2v) is 6.56. The number of methoxy groups -OCH3 is 1. The summed E-state index contributed by atoms with van der Waals surface area (Å²) in [4.78, 5) is 12.8. The summed E-state index contributed by atoms with van der Waals surface area (Å²) in [7, 11) is 1.61. The highest BCUT2D eigenvalue weighted by Crippen LogP contribution is 2.21. The summed E-state index contributed by atoms with van der Waals surface area (Å²) in [5.41, 5.74) is 2.04. The van der Waals surface area contributed by atoms with Crippen LogP contribution in [0.15, 0.2) is 76.9 Å². The van der Waals surface area contributed by atoms with E-state index in [1.165, 1.54) is 5.56 Å².